The number of methoxy groups -OCH3 is 1. The summed E-state index contributed by atoms with van der Waals surface area (Å²) in [7, 11) is -2.95. The summed E-state index contributed by atoms with van der Waals surface area (Å²) in [5.74, 6) is 0.379. The quantitative estimate of drug-likeness (QED) is 0.546. The van der Waals surface area contributed by atoms with E-state index in [4.69, 9.17) is 13.7 Å². The Labute approximate surface area is 160 Å². The molecule has 148 valence electrons. The molecule has 1 amide bonds. The van der Waals surface area contributed by atoms with Crippen LogP contribution in [0.15, 0.2) is 48.5 Å². The van der Waals surface area contributed by atoms with Crippen molar-refractivity contribution in [2.24, 2.45) is 0 Å². The molecule has 11 heteroatoms. The monoisotopic (exact) mass is 408 g/mol. The minimum Gasteiger partial charge on any atom is -0.496 e. The maximum absolute atomic E-state index is 12.5. The minimum atomic E-state index is -4.37. The maximum Gasteiger partial charge on any atom is 0.426 e. The summed E-state index contributed by atoms with van der Waals surface area (Å²) in [6.07, 6.45) is -1.20. The molecule has 28 heavy (non-hydrogen) atoms. The van der Waals surface area contributed by atoms with Gasteiger partial charge >= 0.3 is 16.4 Å². The zero-order valence-electron chi connectivity index (χ0n) is 14.7. The molecule has 0 aliphatic carbocycles. The predicted molar refractivity (Wildman–Crippen MR) is 95.7 cm³/mol. The first-order valence-corrected chi connectivity index (χ1v) is 9.42. The molecule has 1 heterocycles. The number of amides is 1. The number of benzene rings is 2. The van der Waals surface area contributed by atoms with Crippen LogP contribution in [-0.2, 0) is 25.8 Å². The normalized spacial score (nSPS) is 17.9. The predicted octanol–water partition coefficient (Wildman–Crippen LogP) is 2.56. The molecule has 1 atom stereocenters. The Morgan fingerprint density at radius 2 is 1.93 bits per heavy atom. The van der Waals surface area contributed by atoms with Crippen molar-refractivity contribution in [1.29, 1.82) is 0 Å². The molecule has 2 aromatic carbocycles. The Morgan fingerprint density at radius 3 is 2.64 bits per heavy atom. The van der Waals surface area contributed by atoms with Gasteiger partial charge in [0.15, 0.2) is 0 Å². The van der Waals surface area contributed by atoms with E-state index in [0.29, 0.717) is 15.6 Å². The fourth-order valence-electron chi connectivity index (χ4n) is 2.82. The van der Waals surface area contributed by atoms with Gasteiger partial charge in [-0.3, -0.25) is 14.3 Å². The number of hydrogen-bond donors (Lipinski definition) is 0. The molecule has 1 saturated heterocycles. The van der Waals surface area contributed by atoms with Gasteiger partial charge in [0, 0.05) is 11.6 Å². The van der Waals surface area contributed by atoms with Crippen LogP contribution in [0.3, 0.4) is 0 Å². The Bertz CT molecular complexity index is 1010. The summed E-state index contributed by atoms with van der Waals surface area (Å²) in [6.45, 7) is -0.774. The number of rotatable bonds is 5. The van der Waals surface area contributed by atoms with Crippen molar-refractivity contribution >= 4 is 22.1 Å². The molecule has 0 aromatic heterocycles. The summed E-state index contributed by atoms with van der Waals surface area (Å²) in [6, 6.07) is 11.3. The van der Waals surface area contributed by atoms with Crippen LogP contribution >= 0.6 is 0 Å². The fourth-order valence-corrected chi connectivity index (χ4v) is 3.96. The van der Waals surface area contributed by atoms with Crippen LogP contribution in [0, 0.1) is 10.1 Å². The van der Waals surface area contributed by atoms with Crippen molar-refractivity contribution in [3.8, 4) is 5.75 Å². The van der Waals surface area contributed by atoms with Crippen LogP contribution in [0.2, 0.25) is 0 Å². The van der Waals surface area contributed by atoms with Gasteiger partial charge in [-0.2, -0.15) is 12.7 Å². The van der Waals surface area contributed by atoms with Crippen molar-refractivity contribution in [2.45, 2.75) is 12.6 Å². The first kappa shape index (κ1) is 19.6. The lowest BCUT2D eigenvalue weighted by Gasteiger charge is -2.22. The maximum atomic E-state index is 12.5. The number of nitrogens with zero attached hydrogens (tertiary/aromatic N) is 2. The van der Waals surface area contributed by atoms with Crippen molar-refractivity contribution in [1.82, 2.24) is 4.31 Å². The lowest BCUT2D eigenvalue weighted by atomic mass is 10.1. The zero-order chi connectivity index (χ0) is 20.3. The summed E-state index contributed by atoms with van der Waals surface area (Å²) in [4.78, 5) is 23.0. The number of carbonyl (C=O) groups excluding carboxylic acids is 1. The second-order valence-electron chi connectivity index (χ2n) is 5.74. The van der Waals surface area contributed by atoms with E-state index in [1.54, 1.807) is 30.3 Å². The van der Waals surface area contributed by atoms with Crippen molar-refractivity contribution < 1.29 is 31.8 Å². The Kier molecular flexibility index (Phi) is 5.47. The average molecular weight is 408 g/mol. The number of ether oxygens (including phenoxy) is 2. The van der Waals surface area contributed by atoms with E-state index >= 15 is 0 Å². The lowest BCUT2D eigenvalue weighted by Crippen LogP contribution is -2.35. The molecule has 0 radical (unpaired) electrons. The van der Waals surface area contributed by atoms with Crippen molar-refractivity contribution in [2.75, 3.05) is 13.7 Å². The Balaban J connectivity index is 1.85. The summed E-state index contributed by atoms with van der Waals surface area (Å²) < 4.78 is 40.0. The van der Waals surface area contributed by atoms with Gasteiger partial charge in [-0.15, -0.1) is 0 Å². The highest BCUT2D eigenvalue weighted by molar-refractivity contribution is 7.85. The van der Waals surface area contributed by atoms with Crippen LogP contribution in [0.25, 0.3) is 0 Å². The van der Waals surface area contributed by atoms with E-state index in [-0.39, 0.29) is 17.9 Å². The zero-order valence-corrected chi connectivity index (χ0v) is 15.5. The van der Waals surface area contributed by atoms with Gasteiger partial charge < -0.3 is 9.47 Å². The van der Waals surface area contributed by atoms with Crippen LogP contribution in [0.1, 0.15) is 17.2 Å². The molecule has 10 nitrogen and oxygen atoms in total. The van der Waals surface area contributed by atoms with E-state index < -0.39 is 34.0 Å². The Morgan fingerprint density at radius 1 is 1.25 bits per heavy atom. The molecule has 1 aliphatic heterocycles. The molecule has 1 fully saturated rings. The summed E-state index contributed by atoms with van der Waals surface area (Å²) in [5, 5.41) is 11.1. The molecule has 0 spiro atoms. The van der Waals surface area contributed by atoms with Crippen LogP contribution in [0.5, 0.6) is 5.75 Å². The third-order valence-electron chi connectivity index (χ3n) is 4.12. The van der Waals surface area contributed by atoms with Crippen molar-refractivity contribution in [3.05, 3.63) is 69.8 Å². The molecule has 1 aliphatic rings. The van der Waals surface area contributed by atoms with E-state index in [0.717, 1.165) is 0 Å². The molecule has 0 N–H and O–H groups in total. The van der Waals surface area contributed by atoms with Gasteiger partial charge in [-0.1, -0.05) is 30.3 Å². The molecule has 0 unspecified atom stereocenters. The van der Waals surface area contributed by atoms with Gasteiger partial charge in [0.25, 0.3) is 5.69 Å². The van der Waals surface area contributed by atoms with E-state index in [9.17, 15) is 23.3 Å². The number of para-hydroxylation sites is 2. The molecule has 0 bridgehead atoms. The third kappa shape index (κ3) is 3.75. The molecular weight excluding hydrogens is 392 g/mol. The van der Waals surface area contributed by atoms with Crippen LogP contribution < -0.4 is 4.74 Å². The molecular formula is C17H16N2O8S. The highest BCUT2D eigenvalue weighted by atomic mass is 32.2. The van der Waals surface area contributed by atoms with Crippen molar-refractivity contribution in [3.63, 3.8) is 0 Å². The van der Waals surface area contributed by atoms with Gasteiger partial charge in [0.2, 0.25) is 0 Å². The fraction of sp³-hybridized carbons (Fsp3) is 0.235. The third-order valence-corrected chi connectivity index (χ3v) is 5.44. The summed E-state index contributed by atoms with van der Waals surface area (Å²) in [5.41, 5.74) is 0.318. The number of carbonyl (C=O) groups is 1. The van der Waals surface area contributed by atoms with E-state index in [1.807, 2.05) is 0 Å². The van der Waals surface area contributed by atoms with Gasteiger partial charge in [0.05, 0.1) is 24.2 Å². The number of hydrogen-bond acceptors (Lipinski definition) is 8. The molecule has 3 rings (SSSR count). The average Bonchev–Trinajstić information content (AvgIpc) is 3.01. The van der Waals surface area contributed by atoms with Gasteiger partial charge in [-0.25, -0.2) is 4.79 Å². The van der Waals surface area contributed by atoms with Gasteiger partial charge in [0.1, 0.15) is 18.4 Å². The van der Waals surface area contributed by atoms with Gasteiger partial charge in [-0.05, 0) is 12.1 Å². The highest BCUT2D eigenvalue weighted by Gasteiger charge is 2.45. The second kappa shape index (κ2) is 7.82. The van der Waals surface area contributed by atoms with E-state index in [2.05, 4.69) is 0 Å². The molecule has 2 aromatic rings. The Hall–Kier alpha value is -3.18. The van der Waals surface area contributed by atoms with E-state index in [1.165, 1.54) is 25.3 Å². The molecule has 0 saturated carbocycles. The topological polar surface area (TPSA) is 125 Å². The minimum absolute atomic E-state index is 0.132. The standard InChI is InChI=1S/C17H16N2O8S/c1-25-16-9-5-3-7-13(16)15-11-27-28(23,24)18(15)17(20)26-10-12-6-2-4-8-14(12)19(21)22/h2-9,15H,10-11H2,1H3/t15-/m1/s1. The second-order valence-corrected chi connectivity index (χ2v) is 7.22. The summed E-state index contributed by atoms with van der Waals surface area (Å²) >= 11 is 0. The smallest absolute Gasteiger partial charge is 0.426 e. The highest BCUT2D eigenvalue weighted by Crippen LogP contribution is 2.37. The first-order chi connectivity index (χ1) is 13.3. The largest absolute Gasteiger partial charge is 0.496 e. The number of nitro groups is 1. The van der Waals surface area contributed by atoms with Crippen LogP contribution in [-0.4, -0.2) is 37.5 Å². The SMILES string of the molecule is COc1ccccc1[C@H]1COS(=O)(=O)N1C(=O)OCc1ccccc1[N+](=O)[O-]. The lowest BCUT2D eigenvalue weighted by molar-refractivity contribution is -0.385. The van der Waals surface area contributed by atoms with Crippen LogP contribution in [0.4, 0.5) is 10.5 Å². The number of nitro benzene ring substituents is 1. The first-order valence-electron chi connectivity index (χ1n) is 8.06.